The molecule has 0 unspecified atom stereocenters. The third kappa shape index (κ3) is 3.52. The normalized spacial score (nSPS) is 22.2. The van der Waals surface area contributed by atoms with Gasteiger partial charge in [0.25, 0.3) is 0 Å². The number of ether oxygens (including phenoxy) is 1. The second-order valence-corrected chi connectivity index (χ2v) is 6.11. The highest BCUT2D eigenvalue weighted by Crippen LogP contribution is 2.39. The van der Waals surface area contributed by atoms with E-state index in [1.807, 2.05) is 18.2 Å². The molecule has 4 nitrogen and oxygen atoms in total. The molecule has 1 heterocycles. The Morgan fingerprint density at radius 1 is 1.68 bits per heavy atom. The first kappa shape index (κ1) is 14.4. The van der Waals surface area contributed by atoms with Crippen molar-refractivity contribution in [3.63, 3.8) is 0 Å². The van der Waals surface area contributed by atoms with Crippen molar-refractivity contribution in [2.24, 2.45) is 0 Å². The van der Waals surface area contributed by atoms with E-state index in [4.69, 9.17) is 9.84 Å². The van der Waals surface area contributed by atoms with E-state index in [0.717, 1.165) is 15.8 Å². The highest BCUT2D eigenvalue weighted by atomic mass is 79.9. The molecule has 19 heavy (non-hydrogen) atoms. The summed E-state index contributed by atoms with van der Waals surface area (Å²) in [7, 11) is 0. The van der Waals surface area contributed by atoms with Gasteiger partial charge in [0.05, 0.1) is 5.37 Å². The number of aliphatic carboxylic acids is 1. The van der Waals surface area contributed by atoms with Crippen molar-refractivity contribution >= 4 is 33.7 Å². The Morgan fingerprint density at radius 3 is 3.11 bits per heavy atom. The van der Waals surface area contributed by atoms with Gasteiger partial charge in [0.15, 0.2) is 0 Å². The third-order valence-corrected chi connectivity index (χ3v) is 4.43. The Kier molecular flexibility index (Phi) is 4.90. The zero-order valence-corrected chi connectivity index (χ0v) is 12.5. The molecule has 2 N–H and O–H groups in total. The number of thioether (sulfide) groups is 1. The first-order valence-corrected chi connectivity index (χ1v) is 7.59. The van der Waals surface area contributed by atoms with Crippen LogP contribution in [0.25, 0.3) is 0 Å². The van der Waals surface area contributed by atoms with Crippen LogP contribution in [0.4, 0.5) is 0 Å². The van der Waals surface area contributed by atoms with Crippen molar-refractivity contribution in [3.05, 3.63) is 40.9 Å². The van der Waals surface area contributed by atoms with Crippen LogP contribution in [0.5, 0.6) is 5.75 Å². The lowest BCUT2D eigenvalue weighted by Gasteiger charge is -2.16. The second-order valence-electron chi connectivity index (χ2n) is 4.05. The lowest BCUT2D eigenvalue weighted by molar-refractivity contribution is -0.138. The third-order valence-electron chi connectivity index (χ3n) is 2.69. The second kappa shape index (κ2) is 6.45. The Morgan fingerprint density at radius 2 is 2.47 bits per heavy atom. The molecular formula is C13H14BrNO3S. The van der Waals surface area contributed by atoms with E-state index in [2.05, 4.69) is 27.8 Å². The van der Waals surface area contributed by atoms with E-state index < -0.39 is 12.0 Å². The lowest BCUT2D eigenvalue weighted by Crippen LogP contribution is -2.33. The summed E-state index contributed by atoms with van der Waals surface area (Å²) in [6.07, 6.45) is 1.68. The first-order valence-electron chi connectivity index (χ1n) is 5.75. The zero-order chi connectivity index (χ0) is 13.8. The molecule has 1 aliphatic heterocycles. The number of hydrogen-bond acceptors (Lipinski definition) is 4. The van der Waals surface area contributed by atoms with Crippen molar-refractivity contribution in [3.8, 4) is 5.75 Å². The highest BCUT2D eigenvalue weighted by molar-refractivity contribution is 9.10. The van der Waals surface area contributed by atoms with Gasteiger partial charge < -0.3 is 9.84 Å². The summed E-state index contributed by atoms with van der Waals surface area (Å²) in [5.41, 5.74) is 0.949. The summed E-state index contributed by atoms with van der Waals surface area (Å²) < 4.78 is 6.55. The van der Waals surface area contributed by atoms with Crippen LogP contribution in [-0.4, -0.2) is 29.5 Å². The fourth-order valence-corrected chi connectivity index (χ4v) is 3.42. The summed E-state index contributed by atoms with van der Waals surface area (Å²) in [6.45, 7) is 4.05. The quantitative estimate of drug-likeness (QED) is 0.805. The average molecular weight is 344 g/mol. The van der Waals surface area contributed by atoms with Crippen molar-refractivity contribution < 1.29 is 14.6 Å². The van der Waals surface area contributed by atoms with E-state index in [1.54, 1.807) is 17.8 Å². The lowest BCUT2D eigenvalue weighted by atomic mass is 10.2. The Hall–Kier alpha value is -0.980. The summed E-state index contributed by atoms with van der Waals surface area (Å²) in [5, 5.41) is 12.0. The van der Waals surface area contributed by atoms with E-state index in [-0.39, 0.29) is 5.37 Å². The van der Waals surface area contributed by atoms with Crippen molar-refractivity contribution in [1.82, 2.24) is 5.32 Å². The van der Waals surface area contributed by atoms with Crippen LogP contribution in [0.2, 0.25) is 0 Å². The number of benzene rings is 1. The van der Waals surface area contributed by atoms with Crippen molar-refractivity contribution in [2.45, 2.75) is 11.4 Å². The Balaban J connectivity index is 2.20. The van der Waals surface area contributed by atoms with E-state index in [1.165, 1.54) is 0 Å². The van der Waals surface area contributed by atoms with Gasteiger partial charge in [-0.25, -0.2) is 0 Å². The number of carbonyl (C=O) groups is 1. The van der Waals surface area contributed by atoms with Crippen LogP contribution < -0.4 is 10.1 Å². The molecule has 1 aromatic rings. The van der Waals surface area contributed by atoms with Gasteiger partial charge in [0, 0.05) is 15.8 Å². The molecule has 1 aliphatic rings. The SMILES string of the molecule is C=CCOc1ccc(Br)cc1[C@@H]1N[C@H](C(=O)O)CS1. The van der Waals surface area contributed by atoms with E-state index in [9.17, 15) is 4.79 Å². The Bertz CT molecular complexity index is 495. The largest absolute Gasteiger partial charge is 0.489 e. The van der Waals surface area contributed by atoms with Crippen LogP contribution in [0, 0.1) is 0 Å². The number of rotatable bonds is 5. The topological polar surface area (TPSA) is 58.6 Å². The van der Waals surface area contributed by atoms with Gasteiger partial charge in [0.2, 0.25) is 0 Å². The maximum atomic E-state index is 11.0. The van der Waals surface area contributed by atoms with Gasteiger partial charge in [-0.3, -0.25) is 10.1 Å². The van der Waals surface area contributed by atoms with E-state index in [0.29, 0.717) is 12.4 Å². The monoisotopic (exact) mass is 343 g/mol. The van der Waals surface area contributed by atoms with Gasteiger partial charge in [-0.1, -0.05) is 28.6 Å². The molecule has 2 atom stereocenters. The molecule has 0 aliphatic carbocycles. The molecule has 1 aromatic carbocycles. The Labute approximate surface area is 124 Å². The minimum Gasteiger partial charge on any atom is -0.489 e. The smallest absolute Gasteiger partial charge is 0.321 e. The number of carboxylic acid groups (broad SMARTS) is 1. The predicted octanol–water partition coefficient (Wildman–Crippen LogP) is 2.80. The molecule has 2 rings (SSSR count). The molecular weight excluding hydrogens is 330 g/mol. The minimum absolute atomic E-state index is 0.0709. The van der Waals surface area contributed by atoms with Crippen molar-refractivity contribution in [1.29, 1.82) is 0 Å². The number of halogens is 1. The van der Waals surface area contributed by atoms with Crippen LogP contribution in [-0.2, 0) is 4.79 Å². The molecule has 0 radical (unpaired) electrons. The molecule has 6 heteroatoms. The minimum atomic E-state index is -0.821. The summed E-state index contributed by atoms with van der Waals surface area (Å²) in [5.74, 6) is 0.477. The molecule has 0 amide bonds. The number of nitrogens with one attached hydrogen (secondary N) is 1. The maximum absolute atomic E-state index is 11.0. The molecule has 0 spiro atoms. The molecule has 0 saturated carbocycles. The summed E-state index contributed by atoms with van der Waals surface area (Å²) in [6, 6.07) is 5.21. The van der Waals surface area contributed by atoms with Crippen LogP contribution >= 0.6 is 27.7 Å². The zero-order valence-electron chi connectivity index (χ0n) is 10.1. The van der Waals surface area contributed by atoms with Gasteiger partial charge in [-0.05, 0) is 18.2 Å². The summed E-state index contributed by atoms with van der Waals surface area (Å²) in [4.78, 5) is 11.0. The van der Waals surface area contributed by atoms with Crippen LogP contribution in [0.3, 0.4) is 0 Å². The number of hydrogen-bond donors (Lipinski definition) is 2. The van der Waals surface area contributed by atoms with Gasteiger partial charge >= 0.3 is 5.97 Å². The van der Waals surface area contributed by atoms with Gasteiger partial charge in [-0.2, -0.15) is 0 Å². The summed E-state index contributed by atoms with van der Waals surface area (Å²) >= 11 is 5.00. The molecule has 0 aromatic heterocycles. The van der Waals surface area contributed by atoms with Crippen LogP contribution in [0.1, 0.15) is 10.9 Å². The number of carboxylic acids is 1. The maximum Gasteiger partial charge on any atom is 0.321 e. The van der Waals surface area contributed by atoms with Crippen molar-refractivity contribution in [2.75, 3.05) is 12.4 Å². The standard InChI is InChI=1S/C13H14BrNO3S/c1-2-5-18-11-4-3-8(14)6-9(11)12-15-10(7-19-12)13(16)17/h2-4,6,10,12,15H,1,5,7H2,(H,16,17)/t10-,12+/m0/s1. The fraction of sp³-hybridized carbons (Fsp3) is 0.308. The van der Waals surface area contributed by atoms with Gasteiger partial charge in [0.1, 0.15) is 18.4 Å². The van der Waals surface area contributed by atoms with Gasteiger partial charge in [-0.15, -0.1) is 11.8 Å². The molecule has 1 fully saturated rings. The highest BCUT2D eigenvalue weighted by Gasteiger charge is 2.31. The molecule has 102 valence electrons. The van der Waals surface area contributed by atoms with E-state index >= 15 is 0 Å². The average Bonchev–Trinajstić information content (AvgIpc) is 2.87. The molecule has 1 saturated heterocycles. The predicted molar refractivity (Wildman–Crippen MR) is 79.6 cm³/mol. The first-order chi connectivity index (χ1) is 9.11. The molecule has 0 bridgehead atoms. The fourth-order valence-electron chi connectivity index (χ4n) is 1.80. The van der Waals surface area contributed by atoms with Crippen LogP contribution in [0.15, 0.2) is 35.3 Å².